The summed E-state index contributed by atoms with van der Waals surface area (Å²) in [6.45, 7) is 1.83. The largest absolute Gasteiger partial charge is 0.348 e. The van der Waals surface area contributed by atoms with Crippen LogP contribution in [0, 0.1) is 6.92 Å². The lowest BCUT2D eigenvalue weighted by atomic mass is 10.0. The quantitative estimate of drug-likeness (QED) is 0.696. The Kier molecular flexibility index (Phi) is 2.41. The molecule has 0 aliphatic rings. The predicted molar refractivity (Wildman–Crippen MR) is 68.5 cm³/mol. The lowest BCUT2D eigenvalue weighted by Gasteiger charge is -2.01. The highest BCUT2D eigenvalue weighted by Crippen LogP contribution is 2.16. The second-order valence-electron chi connectivity index (χ2n) is 4.12. The van der Waals surface area contributed by atoms with Gasteiger partial charge < -0.3 is 4.98 Å². The molecule has 1 N–H and O–H groups in total. The molecule has 0 saturated carbocycles. The molecule has 0 amide bonds. The van der Waals surface area contributed by atoms with Gasteiger partial charge in [-0.05, 0) is 19.1 Å². The number of rotatable bonds is 2. The number of nitrogens with one attached hydrogen (secondary N) is 1. The number of hydrogen-bond acceptors (Lipinski definition) is 3. The molecule has 0 bridgehead atoms. The number of hydrogen-bond donors (Lipinski definition) is 1. The fourth-order valence-corrected chi connectivity index (χ4v) is 1.93. The Morgan fingerprint density at radius 2 is 2.11 bits per heavy atom. The maximum absolute atomic E-state index is 12.3. The molecule has 3 aromatic rings. The number of aromatic nitrogens is 3. The molecule has 1 aromatic carbocycles. The number of fused-ring (bicyclic) bond motifs is 1. The number of carbonyl (C=O) groups excluding carboxylic acids is 1. The molecule has 4 nitrogen and oxygen atoms in total. The van der Waals surface area contributed by atoms with Crippen LogP contribution in [-0.2, 0) is 0 Å². The van der Waals surface area contributed by atoms with Gasteiger partial charge in [-0.3, -0.25) is 9.78 Å². The molecule has 4 heteroatoms. The maximum atomic E-state index is 12.3. The van der Waals surface area contributed by atoms with E-state index in [0.717, 1.165) is 16.6 Å². The Morgan fingerprint density at radius 1 is 1.22 bits per heavy atom. The van der Waals surface area contributed by atoms with Crippen LogP contribution in [-0.4, -0.2) is 20.7 Å². The fourth-order valence-electron chi connectivity index (χ4n) is 1.93. The zero-order valence-electron chi connectivity index (χ0n) is 9.84. The average molecular weight is 237 g/mol. The molecule has 0 radical (unpaired) electrons. The monoisotopic (exact) mass is 237 g/mol. The van der Waals surface area contributed by atoms with E-state index >= 15 is 0 Å². The molecule has 0 saturated heterocycles. The molecule has 0 unspecified atom stereocenters. The second-order valence-corrected chi connectivity index (χ2v) is 4.12. The predicted octanol–water partition coefficient (Wildman–Crippen LogP) is 2.50. The van der Waals surface area contributed by atoms with Crippen LogP contribution in [0.25, 0.3) is 10.9 Å². The SMILES string of the molecule is Cc1[nH]cnc1C(=O)c1ccc2cccnc2c1. The number of H-pyrrole nitrogens is 1. The van der Waals surface area contributed by atoms with Gasteiger partial charge in [0.25, 0.3) is 0 Å². The summed E-state index contributed by atoms with van der Waals surface area (Å²) >= 11 is 0. The standard InChI is InChI=1S/C14H11N3O/c1-9-13(17-8-16-9)14(18)11-5-4-10-3-2-6-15-12(10)7-11/h2-8H,1H3,(H,16,17). The van der Waals surface area contributed by atoms with Crippen molar-refractivity contribution in [1.82, 2.24) is 15.0 Å². The molecular formula is C14H11N3O. The fraction of sp³-hybridized carbons (Fsp3) is 0.0714. The molecule has 0 aliphatic heterocycles. The number of aromatic amines is 1. The van der Waals surface area contributed by atoms with Crippen molar-refractivity contribution >= 4 is 16.7 Å². The number of benzene rings is 1. The molecular weight excluding hydrogens is 226 g/mol. The van der Waals surface area contributed by atoms with Gasteiger partial charge in [0.1, 0.15) is 5.69 Å². The number of carbonyl (C=O) groups is 1. The summed E-state index contributed by atoms with van der Waals surface area (Å²) in [6, 6.07) is 9.35. The van der Waals surface area contributed by atoms with E-state index in [1.165, 1.54) is 6.33 Å². The van der Waals surface area contributed by atoms with Gasteiger partial charge in [-0.15, -0.1) is 0 Å². The first-order valence-corrected chi connectivity index (χ1v) is 5.65. The second kappa shape index (κ2) is 4.07. The van der Waals surface area contributed by atoms with Gasteiger partial charge in [-0.2, -0.15) is 0 Å². The van der Waals surface area contributed by atoms with E-state index < -0.39 is 0 Å². The van der Waals surface area contributed by atoms with Gasteiger partial charge in [-0.25, -0.2) is 4.98 Å². The van der Waals surface area contributed by atoms with Crippen LogP contribution in [0.15, 0.2) is 42.9 Å². The summed E-state index contributed by atoms with van der Waals surface area (Å²) in [4.78, 5) is 23.5. The number of nitrogens with zero attached hydrogens (tertiary/aromatic N) is 2. The van der Waals surface area contributed by atoms with Crippen LogP contribution in [0.2, 0.25) is 0 Å². The Labute approximate surface area is 104 Å². The van der Waals surface area contributed by atoms with Crippen LogP contribution >= 0.6 is 0 Å². The Hall–Kier alpha value is -2.49. The minimum absolute atomic E-state index is 0.0821. The number of aryl methyl sites for hydroxylation is 1. The van der Waals surface area contributed by atoms with Crippen molar-refractivity contribution < 1.29 is 4.79 Å². The van der Waals surface area contributed by atoms with Gasteiger partial charge in [0, 0.05) is 22.8 Å². The third-order valence-electron chi connectivity index (χ3n) is 2.91. The first kappa shape index (κ1) is 10.7. The average Bonchev–Trinajstić information content (AvgIpc) is 2.83. The lowest BCUT2D eigenvalue weighted by molar-refractivity contribution is 0.103. The smallest absolute Gasteiger partial charge is 0.213 e. The molecule has 3 rings (SSSR count). The third-order valence-corrected chi connectivity index (χ3v) is 2.91. The highest BCUT2D eigenvalue weighted by molar-refractivity contribution is 6.09. The van der Waals surface area contributed by atoms with Gasteiger partial charge in [0.05, 0.1) is 11.8 Å². The van der Waals surface area contributed by atoms with Crippen molar-refractivity contribution in [3.63, 3.8) is 0 Å². The summed E-state index contributed by atoms with van der Waals surface area (Å²) in [6.07, 6.45) is 3.25. The molecule has 18 heavy (non-hydrogen) atoms. The Bertz CT molecular complexity index is 730. The molecule has 0 atom stereocenters. The third kappa shape index (κ3) is 1.68. The Balaban J connectivity index is 2.10. The lowest BCUT2D eigenvalue weighted by Crippen LogP contribution is -2.03. The zero-order chi connectivity index (χ0) is 12.5. The molecule has 2 aromatic heterocycles. The highest BCUT2D eigenvalue weighted by Gasteiger charge is 2.14. The van der Waals surface area contributed by atoms with E-state index in [4.69, 9.17) is 0 Å². The van der Waals surface area contributed by atoms with E-state index in [9.17, 15) is 4.79 Å². The molecule has 0 spiro atoms. The van der Waals surface area contributed by atoms with Crippen LogP contribution in [0.5, 0.6) is 0 Å². The van der Waals surface area contributed by atoms with Crippen molar-refractivity contribution in [3.8, 4) is 0 Å². The summed E-state index contributed by atoms with van der Waals surface area (Å²) in [5, 5.41) is 1.02. The van der Waals surface area contributed by atoms with Gasteiger partial charge in [0.15, 0.2) is 0 Å². The van der Waals surface area contributed by atoms with E-state index in [1.54, 1.807) is 18.3 Å². The zero-order valence-corrected chi connectivity index (χ0v) is 9.84. The number of pyridine rings is 1. The van der Waals surface area contributed by atoms with E-state index in [0.29, 0.717) is 11.3 Å². The molecule has 0 aliphatic carbocycles. The molecule has 88 valence electrons. The molecule has 0 fully saturated rings. The summed E-state index contributed by atoms with van der Waals surface area (Å²) in [5.74, 6) is -0.0821. The van der Waals surface area contributed by atoms with Crippen molar-refractivity contribution in [2.45, 2.75) is 6.92 Å². The van der Waals surface area contributed by atoms with Gasteiger partial charge in [-0.1, -0.05) is 18.2 Å². The minimum atomic E-state index is -0.0821. The van der Waals surface area contributed by atoms with E-state index in [-0.39, 0.29) is 5.78 Å². The highest BCUT2D eigenvalue weighted by atomic mass is 16.1. The molecule has 2 heterocycles. The number of ketones is 1. The van der Waals surface area contributed by atoms with E-state index in [1.807, 2.05) is 25.1 Å². The van der Waals surface area contributed by atoms with Crippen molar-refractivity contribution in [3.05, 3.63) is 59.8 Å². The van der Waals surface area contributed by atoms with Gasteiger partial charge >= 0.3 is 0 Å². The van der Waals surface area contributed by atoms with Crippen LogP contribution in [0.3, 0.4) is 0 Å². The van der Waals surface area contributed by atoms with Crippen molar-refractivity contribution in [2.75, 3.05) is 0 Å². The van der Waals surface area contributed by atoms with Crippen LogP contribution in [0.4, 0.5) is 0 Å². The summed E-state index contributed by atoms with van der Waals surface area (Å²) < 4.78 is 0. The van der Waals surface area contributed by atoms with Crippen LogP contribution < -0.4 is 0 Å². The first-order chi connectivity index (χ1) is 8.75. The summed E-state index contributed by atoms with van der Waals surface area (Å²) in [7, 11) is 0. The first-order valence-electron chi connectivity index (χ1n) is 5.65. The van der Waals surface area contributed by atoms with E-state index in [2.05, 4.69) is 15.0 Å². The Morgan fingerprint density at radius 3 is 2.89 bits per heavy atom. The maximum Gasteiger partial charge on any atom is 0.213 e. The van der Waals surface area contributed by atoms with Crippen molar-refractivity contribution in [2.24, 2.45) is 0 Å². The summed E-state index contributed by atoms with van der Waals surface area (Å²) in [5.41, 5.74) is 2.67. The topological polar surface area (TPSA) is 58.6 Å². The number of imidazole rings is 1. The van der Waals surface area contributed by atoms with Crippen LogP contribution in [0.1, 0.15) is 21.7 Å². The van der Waals surface area contributed by atoms with Gasteiger partial charge in [0.2, 0.25) is 5.78 Å². The normalized spacial score (nSPS) is 10.7. The van der Waals surface area contributed by atoms with Crippen molar-refractivity contribution in [1.29, 1.82) is 0 Å². The minimum Gasteiger partial charge on any atom is -0.348 e.